The fraction of sp³-hybridized carbons (Fsp3) is 0.619. The van der Waals surface area contributed by atoms with Gasteiger partial charge in [0.15, 0.2) is 5.13 Å². The Labute approximate surface area is 171 Å². The minimum Gasteiger partial charge on any atom is -0.494 e. The van der Waals surface area contributed by atoms with Crippen LogP contribution in [0, 0.1) is 0 Å². The molecule has 0 spiro atoms. The van der Waals surface area contributed by atoms with Crippen LogP contribution in [0.25, 0.3) is 10.2 Å². The number of aromatic nitrogens is 1. The lowest BCUT2D eigenvalue weighted by molar-refractivity contribution is -0.116. The molecule has 7 heteroatoms. The summed E-state index contributed by atoms with van der Waals surface area (Å²) < 4.78 is 12.0. The molecule has 2 aromatic rings. The van der Waals surface area contributed by atoms with Crippen LogP contribution in [0.2, 0.25) is 0 Å². The molecule has 154 valence electrons. The molecule has 1 aromatic heterocycles. The molecular formula is C21H31N3O3S. The summed E-state index contributed by atoms with van der Waals surface area (Å²) in [6, 6.07) is 4.03. The van der Waals surface area contributed by atoms with Gasteiger partial charge in [-0.15, -0.1) is 0 Å². The van der Waals surface area contributed by atoms with E-state index in [0.29, 0.717) is 11.6 Å². The van der Waals surface area contributed by atoms with Crippen molar-refractivity contribution < 1.29 is 14.3 Å². The minimum absolute atomic E-state index is 0.0430. The van der Waals surface area contributed by atoms with Gasteiger partial charge in [-0.25, -0.2) is 4.98 Å². The zero-order chi connectivity index (χ0) is 19.8. The monoisotopic (exact) mass is 405 g/mol. The second-order valence-electron chi connectivity index (χ2n) is 7.15. The fourth-order valence-electron chi connectivity index (χ4n) is 3.49. The van der Waals surface area contributed by atoms with Gasteiger partial charge in [0.05, 0.1) is 30.7 Å². The topological polar surface area (TPSA) is 63.7 Å². The van der Waals surface area contributed by atoms with Crippen LogP contribution in [0.4, 0.5) is 10.8 Å². The molecule has 0 saturated carbocycles. The van der Waals surface area contributed by atoms with Crippen molar-refractivity contribution in [1.82, 2.24) is 4.98 Å². The van der Waals surface area contributed by atoms with E-state index < -0.39 is 0 Å². The number of amides is 1. The Morgan fingerprint density at radius 2 is 1.96 bits per heavy atom. The zero-order valence-electron chi connectivity index (χ0n) is 17.0. The summed E-state index contributed by atoms with van der Waals surface area (Å²) in [4.78, 5) is 19.3. The molecule has 1 amide bonds. The Bertz CT molecular complexity index is 772. The van der Waals surface area contributed by atoms with Crippen molar-refractivity contribution in [3.8, 4) is 5.75 Å². The van der Waals surface area contributed by atoms with Crippen molar-refractivity contribution in [2.75, 3.05) is 43.6 Å². The van der Waals surface area contributed by atoms with E-state index in [1.54, 1.807) is 7.11 Å². The van der Waals surface area contributed by atoms with Crippen molar-refractivity contribution in [1.29, 1.82) is 0 Å². The molecule has 0 unspecified atom stereocenters. The summed E-state index contributed by atoms with van der Waals surface area (Å²) in [5.41, 5.74) is 1.94. The first-order valence-corrected chi connectivity index (χ1v) is 11.1. The number of anilines is 2. The normalized spacial score (nSPS) is 14.4. The van der Waals surface area contributed by atoms with E-state index in [9.17, 15) is 4.79 Å². The van der Waals surface area contributed by atoms with Gasteiger partial charge in [-0.2, -0.15) is 0 Å². The molecule has 1 saturated heterocycles. The number of hydrogen-bond donors (Lipinski definition) is 1. The molecule has 0 bridgehead atoms. The van der Waals surface area contributed by atoms with Crippen LogP contribution in [-0.2, 0) is 9.53 Å². The number of carbonyl (C=O) groups is 1. The molecule has 6 nitrogen and oxygen atoms in total. The van der Waals surface area contributed by atoms with E-state index in [4.69, 9.17) is 9.47 Å². The Morgan fingerprint density at radius 1 is 1.21 bits per heavy atom. The number of fused-ring (bicyclic) bond motifs is 1. The molecule has 28 heavy (non-hydrogen) atoms. The number of nitrogens with zero attached hydrogens (tertiary/aromatic N) is 2. The van der Waals surface area contributed by atoms with Gasteiger partial charge < -0.3 is 19.7 Å². The van der Waals surface area contributed by atoms with Crippen LogP contribution >= 0.6 is 11.3 Å². The molecule has 1 aromatic carbocycles. The van der Waals surface area contributed by atoms with Crippen LogP contribution in [0.5, 0.6) is 5.75 Å². The first-order valence-electron chi connectivity index (χ1n) is 10.3. The maximum Gasteiger partial charge on any atom is 0.226 e. The molecule has 1 aliphatic rings. The molecule has 1 fully saturated rings. The zero-order valence-corrected chi connectivity index (χ0v) is 17.8. The summed E-state index contributed by atoms with van der Waals surface area (Å²) in [6.45, 7) is 5.39. The first kappa shape index (κ1) is 20.9. The van der Waals surface area contributed by atoms with Crippen molar-refractivity contribution >= 4 is 38.3 Å². The number of unbranched alkanes of at least 4 members (excludes halogenated alkanes) is 5. The Kier molecular flexibility index (Phi) is 7.91. The van der Waals surface area contributed by atoms with Gasteiger partial charge in [0.25, 0.3) is 0 Å². The van der Waals surface area contributed by atoms with Crippen molar-refractivity contribution in [3.05, 3.63) is 12.1 Å². The molecule has 0 atom stereocenters. The number of ether oxygens (including phenoxy) is 2. The second kappa shape index (κ2) is 10.6. The van der Waals surface area contributed by atoms with Crippen LogP contribution in [-0.4, -0.2) is 44.3 Å². The number of carbonyl (C=O) groups excluding carboxylic acids is 1. The summed E-state index contributed by atoms with van der Waals surface area (Å²) in [5.74, 6) is 0.779. The number of benzene rings is 1. The van der Waals surface area contributed by atoms with Crippen molar-refractivity contribution in [2.24, 2.45) is 0 Å². The van der Waals surface area contributed by atoms with Gasteiger partial charge in [-0.1, -0.05) is 50.4 Å². The van der Waals surface area contributed by atoms with E-state index in [1.807, 2.05) is 6.07 Å². The van der Waals surface area contributed by atoms with E-state index in [0.717, 1.165) is 60.8 Å². The summed E-state index contributed by atoms with van der Waals surface area (Å²) in [7, 11) is 1.65. The predicted molar refractivity (Wildman–Crippen MR) is 116 cm³/mol. The predicted octanol–water partition coefficient (Wildman–Crippen LogP) is 4.83. The number of morpholine rings is 1. The SMILES string of the molecule is CCCCCCCCC(=O)Nc1nc2c(OC)ccc(N3CCOCC3)c2s1. The molecule has 3 rings (SSSR count). The standard InChI is InChI=1S/C21H31N3O3S/c1-3-4-5-6-7-8-9-18(25)22-21-23-19-17(26-2)11-10-16(20(19)28-21)24-12-14-27-15-13-24/h10-11H,3-9,12-15H2,1-2H3,(H,22,23,25). The average molecular weight is 406 g/mol. The Balaban J connectivity index is 1.66. The summed E-state index contributed by atoms with van der Waals surface area (Å²) in [6.07, 6.45) is 7.60. The Hall–Kier alpha value is -1.86. The number of rotatable bonds is 10. The highest BCUT2D eigenvalue weighted by Crippen LogP contribution is 2.39. The van der Waals surface area contributed by atoms with E-state index in [2.05, 4.69) is 28.2 Å². The van der Waals surface area contributed by atoms with Gasteiger partial charge in [-0.3, -0.25) is 4.79 Å². The highest BCUT2D eigenvalue weighted by atomic mass is 32.1. The second-order valence-corrected chi connectivity index (χ2v) is 8.15. The van der Waals surface area contributed by atoms with Crippen LogP contribution in [0.1, 0.15) is 51.9 Å². The molecule has 1 aliphatic heterocycles. The maximum absolute atomic E-state index is 12.3. The number of nitrogens with one attached hydrogen (secondary N) is 1. The van der Waals surface area contributed by atoms with Gasteiger partial charge in [-0.05, 0) is 18.6 Å². The molecule has 2 heterocycles. The lowest BCUT2D eigenvalue weighted by Crippen LogP contribution is -2.36. The highest BCUT2D eigenvalue weighted by Gasteiger charge is 2.19. The van der Waals surface area contributed by atoms with E-state index >= 15 is 0 Å². The fourth-order valence-corrected chi connectivity index (χ4v) is 4.53. The van der Waals surface area contributed by atoms with Crippen LogP contribution < -0.4 is 15.0 Å². The lowest BCUT2D eigenvalue weighted by atomic mass is 10.1. The quantitative estimate of drug-likeness (QED) is 0.574. The maximum atomic E-state index is 12.3. The highest BCUT2D eigenvalue weighted by molar-refractivity contribution is 7.23. The number of methoxy groups -OCH3 is 1. The van der Waals surface area contributed by atoms with Gasteiger partial charge in [0.2, 0.25) is 5.91 Å². The van der Waals surface area contributed by atoms with Gasteiger partial charge >= 0.3 is 0 Å². The minimum atomic E-state index is 0.0430. The molecule has 0 radical (unpaired) electrons. The van der Waals surface area contributed by atoms with Crippen molar-refractivity contribution in [2.45, 2.75) is 51.9 Å². The van der Waals surface area contributed by atoms with Crippen LogP contribution in [0.3, 0.4) is 0 Å². The third kappa shape index (κ3) is 5.35. The number of thiazole rings is 1. The number of hydrogen-bond acceptors (Lipinski definition) is 6. The average Bonchev–Trinajstić information content (AvgIpc) is 3.14. The third-order valence-corrected chi connectivity index (χ3v) is 6.05. The molecule has 1 N–H and O–H groups in total. The van der Waals surface area contributed by atoms with E-state index in [-0.39, 0.29) is 5.91 Å². The van der Waals surface area contributed by atoms with Crippen LogP contribution in [0.15, 0.2) is 12.1 Å². The largest absolute Gasteiger partial charge is 0.494 e. The summed E-state index contributed by atoms with van der Waals surface area (Å²) >= 11 is 1.52. The van der Waals surface area contributed by atoms with Gasteiger partial charge in [0.1, 0.15) is 11.3 Å². The van der Waals surface area contributed by atoms with Gasteiger partial charge in [0, 0.05) is 19.5 Å². The van der Waals surface area contributed by atoms with Crippen molar-refractivity contribution in [3.63, 3.8) is 0 Å². The smallest absolute Gasteiger partial charge is 0.226 e. The molecular weight excluding hydrogens is 374 g/mol. The molecule has 0 aliphatic carbocycles. The summed E-state index contributed by atoms with van der Waals surface area (Å²) in [5, 5.41) is 3.63. The van der Waals surface area contributed by atoms with E-state index in [1.165, 1.54) is 37.0 Å². The lowest BCUT2D eigenvalue weighted by Gasteiger charge is -2.29. The third-order valence-electron chi connectivity index (χ3n) is 5.06. The Morgan fingerprint density at radius 3 is 2.71 bits per heavy atom. The first-order chi connectivity index (χ1) is 13.7.